The monoisotopic (exact) mass is 335 g/mol. The number of nitrogens with one attached hydrogen (secondary N) is 2. The van der Waals surface area contributed by atoms with Crippen LogP contribution in [0.3, 0.4) is 0 Å². The van der Waals surface area contributed by atoms with E-state index < -0.39 is 11.5 Å². The Morgan fingerprint density at radius 3 is 2.70 bits per heavy atom. The molecule has 2 aromatic heterocycles. The summed E-state index contributed by atoms with van der Waals surface area (Å²) in [4.78, 5) is 26.8. The van der Waals surface area contributed by atoms with Gasteiger partial charge in [0.25, 0.3) is 5.91 Å². The predicted molar refractivity (Wildman–Crippen MR) is 86.7 cm³/mol. The van der Waals surface area contributed by atoms with Crippen molar-refractivity contribution in [1.29, 1.82) is 0 Å². The summed E-state index contributed by atoms with van der Waals surface area (Å²) >= 11 is 1.23. The van der Waals surface area contributed by atoms with E-state index in [1.165, 1.54) is 23.0 Å². The molecule has 0 aliphatic heterocycles. The van der Waals surface area contributed by atoms with Crippen LogP contribution in [0, 0.1) is 0 Å². The predicted octanol–water partition coefficient (Wildman–Crippen LogP) is 2.24. The first-order chi connectivity index (χ1) is 10.9. The fourth-order valence-corrected chi connectivity index (χ4v) is 2.27. The summed E-state index contributed by atoms with van der Waals surface area (Å²) < 4.78 is 0. The topological polar surface area (TPSA) is 117 Å². The van der Waals surface area contributed by atoms with Crippen LogP contribution in [0.2, 0.25) is 0 Å². The fourth-order valence-electron chi connectivity index (χ4n) is 1.83. The number of anilines is 2. The number of carbonyl (C=O) groups is 2. The Bertz CT molecular complexity index is 670. The molecular weight excluding hydrogens is 318 g/mol. The molecule has 0 aliphatic carbocycles. The first kappa shape index (κ1) is 16.8. The van der Waals surface area contributed by atoms with Crippen molar-refractivity contribution in [3.63, 3.8) is 0 Å². The van der Waals surface area contributed by atoms with Crippen LogP contribution in [0.4, 0.5) is 10.9 Å². The molecule has 2 aromatic rings. The Morgan fingerprint density at radius 1 is 1.35 bits per heavy atom. The highest BCUT2D eigenvalue weighted by atomic mass is 32.1. The zero-order valence-electron chi connectivity index (χ0n) is 12.7. The van der Waals surface area contributed by atoms with Crippen molar-refractivity contribution < 1.29 is 14.7 Å². The largest absolute Gasteiger partial charge is 0.481 e. The first-order valence-electron chi connectivity index (χ1n) is 6.89. The van der Waals surface area contributed by atoms with E-state index in [1.54, 1.807) is 12.1 Å². The lowest BCUT2D eigenvalue weighted by molar-refractivity contribution is -0.137. The van der Waals surface area contributed by atoms with E-state index >= 15 is 0 Å². The van der Waals surface area contributed by atoms with Crippen molar-refractivity contribution in [1.82, 2.24) is 15.2 Å². The molecule has 0 spiro atoms. The van der Waals surface area contributed by atoms with E-state index in [0.29, 0.717) is 22.9 Å². The van der Waals surface area contributed by atoms with E-state index in [2.05, 4.69) is 25.8 Å². The van der Waals surface area contributed by atoms with Gasteiger partial charge in [0.15, 0.2) is 0 Å². The molecule has 9 heteroatoms. The first-order valence-corrected chi connectivity index (χ1v) is 7.77. The standard InChI is InChI=1S/C14H17N5O3S/c1-14(2,6-5-11(20)21)18-10-4-3-9(7-15-10)12(22)17-13-19-16-8-23-13/h3-4,7-8H,5-6H2,1-2H3,(H,15,18)(H,20,21)(H,17,19,22). The van der Waals surface area contributed by atoms with Crippen molar-refractivity contribution >= 4 is 34.2 Å². The summed E-state index contributed by atoms with van der Waals surface area (Å²) in [7, 11) is 0. The van der Waals surface area contributed by atoms with Gasteiger partial charge in [0.05, 0.1) is 5.56 Å². The SMILES string of the molecule is CC(C)(CCC(=O)O)Nc1ccc(C(=O)Nc2nncs2)cn1. The lowest BCUT2D eigenvalue weighted by atomic mass is 9.98. The minimum atomic E-state index is -0.837. The molecular formula is C14H17N5O3S. The number of hydrogen-bond donors (Lipinski definition) is 3. The van der Waals surface area contributed by atoms with Gasteiger partial charge in [0.2, 0.25) is 5.13 Å². The summed E-state index contributed by atoms with van der Waals surface area (Å²) in [6.07, 6.45) is 1.98. The lowest BCUT2D eigenvalue weighted by Gasteiger charge is -2.26. The molecule has 0 bridgehead atoms. The number of nitrogens with zero attached hydrogens (tertiary/aromatic N) is 3. The van der Waals surface area contributed by atoms with E-state index in [0.717, 1.165) is 0 Å². The van der Waals surface area contributed by atoms with Crippen LogP contribution in [-0.2, 0) is 4.79 Å². The van der Waals surface area contributed by atoms with Crippen molar-refractivity contribution in [2.24, 2.45) is 0 Å². The van der Waals surface area contributed by atoms with Gasteiger partial charge in [0.1, 0.15) is 11.3 Å². The van der Waals surface area contributed by atoms with Crippen LogP contribution in [0.1, 0.15) is 37.0 Å². The van der Waals surface area contributed by atoms with Crippen molar-refractivity contribution in [2.45, 2.75) is 32.2 Å². The van der Waals surface area contributed by atoms with Gasteiger partial charge in [-0.2, -0.15) is 0 Å². The molecule has 0 aromatic carbocycles. The number of aliphatic carboxylic acids is 1. The molecule has 8 nitrogen and oxygen atoms in total. The number of rotatable bonds is 7. The quantitative estimate of drug-likeness (QED) is 0.710. The van der Waals surface area contributed by atoms with Gasteiger partial charge in [-0.3, -0.25) is 14.9 Å². The van der Waals surface area contributed by atoms with Crippen LogP contribution < -0.4 is 10.6 Å². The molecule has 0 radical (unpaired) electrons. The van der Waals surface area contributed by atoms with Gasteiger partial charge in [-0.1, -0.05) is 11.3 Å². The molecule has 0 unspecified atom stereocenters. The minimum absolute atomic E-state index is 0.0718. The van der Waals surface area contributed by atoms with Crippen LogP contribution >= 0.6 is 11.3 Å². The third-order valence-corrected chi connectivity index (χ3v) is 3.64. The number of amides is 1. The highest BCUT2D eigenvalue weighted by Crippen LogP contribution is 2.18. The molecule has 3 N–H and O–H groups in total. The molecule has 2 rings (SSSR count). The number of hydrogen-bond acceptors (Lipinski definition) is 7. The second kappa shape index (κ2) is 7.14. The van der Waals surface area contributed by atoms with Gasteiger partial charge in [-0.15, -0.1) is 10.2 Å². The summed E-state index contributed by atoms with van der Waals surface area (Å²) in [6, 6.07) is 3.32. The summed E-state index contributed by atoms with van der Waals surface area (Å²) in [5.74, 6) is -0.574. The molecule has 0 fully saturated rings. The van der Waals surface area contributed by atoms with Gasteiger partial charge in [-0.25, -0.2) is 4.98 Å². The lowest BCUT2D eigenvalue weighted by Crippen LogP contribution is -2.32. The molecule has 0 saturated heterocycles. The minimum Gasteiger partial charge on any atom is -0.481 e. The highest BCUT2D eigenvalue weighted by Gasteiger charge is 2.19. The maximum atomic E-state index is 12.0. The Kier molecular flexibility index (Phi) is 5.22. The molecule has 0 aliphatic rings. The maximum absolute atomic E-state index is 12.0. The number of carboxylic acids is 1. The molecule has 0 atom stereocenters. The Morgan fingerprint density at radius 2 is 2.13 bits per heavy atom. The number of aromatic nitrogens is 3. The van der Waals surface area contributed by atoms with E-state index in [4.69, 9.17) is 5.11 Å². The zero-order chi connectivity index (χ0) is 16.9. The van der Waals surface area contributed by atoms with E-state index in [9.17, 15) is 9.59 Å². The average molecular weight is 335 g/mol. The summed E-state index contributed by atoms with van der Waals surface area (Å²) in [5.41, 5.74) is 1.51. The van der Waals surface area contributed by atoms with E-state index in [1.807, 2.05) is 13.8 Å². The van der Waals surface area contributed by atoms with Crippen LogP contribution in [0.15, 0.2) is 23.8 Å². The van der Waals surface area contributed by atoms with Crippen molar-refractivity contribution in [3.05, 3.63) is 29.4 Å². The average Bonchev–Trinajstić information content (AvgIpc) is 2.98. The van der Waals surface area contributed by atoms with Gasteiger partial charge < -0.3 is 10.4 Å². The molecule has 122 valence electrons. The molecule has 2 heterocycles. The van der Waals surface area contributed by atoms with E-state index in [-0.39, 0.29) is 12.3 Å². The molecule has 1 amide bonds. The zero-order valence-corrected chi connectivity index (χ0v) is 13.6. The second-order valence-electron chi connectivity index (χ2n) is 5.53. The Labute approximate surface area is 137 Å². The number of pyridine rings is 1. The fraction of sp³-hybridized carbons (Fsp3) is 0.357. The van der Waals surface area contributed by atoms with Gasteiger partial charge in [-0.05, 0) is 32.4 Å². The van der Waals surface area contributed by atoms with Crippen molar-refractivity contribution in [3.8, 4) is 0 Å². The Balaban J connectivity index is 1.96. The number of carbonyl (C=O) groups excluding carboxylic acids is 1. The maximum Gasteiger partial charge on any atom is 0.303 e. The van der Waals surface area contributed by atoms with Crippen LogP contribution in [-0.4, -0.2) is 37.7 Å². The third-order valence-electron chi connectivity index (χ3n) is 3.04. The number of carboxylic acid groups (broad SMARTS) is 1. The summed E-state index contributed by atoms with van der Waals surface area (Å²) in [5, 5.41) is 22.3. The van der Waals surface area contributed by atoms with Gasteiger partial charge in [0, 0.05) is 18.2 Å². The molecule has 0 saturated carbocycles. The summed E-state index contributed by atoms with van der Waals surface area (Å²) in [6.45, 7) is 3.79. The highest BCUT2D eigenvalue weighted by molar-refractivity contribution is 7.13. The van der Waals surface area contributed by atoms with Crippen LogP contribution in [0.5, 0.6) is 0 Å². The van der Waals surface area contributed by atoms with Gasteiger partial charge >= 0.3 is 5.97 Å². The smallest absolute Gasteiger partial charge is 0.303 e. The second-order valence-corrected chi connectivity index (χ2v) is 6.37. The molecule has 23 heavy (non-hydrogen) atoms. The third kappa shape index (κ3) is 5.29. The Hall–Kier alpha value is -2.55. The van der Waals surface area contributed by atoms with Crippen LogP contribution in [0.25, 0.3) is 0 Å². The van der Waals surface area contributed by atoms with Crippen molar-refractivity contribution in [2.75, 3.05) is 10.6 Å². The normalized spacial score (nSPS) is 11.0.